The molecule has 0 amide bonds. The zero-order chi connectivity index (χ0) is 12.8. The minimum Gasteiger partial charge on any atom is -0.316 e. The zero-order valence-electron chi connectivity index (χ0n) is 10.5. The van der Waals surface area contributed by atoms with Gasteiger partial charge in [-0.05, 0) is 42.5 Å². The second-order valence-corrected chi connectivity index (χ2v) is 6.28. The molecule has 0 aromatic carbocycles. The number of nitrogens with one attached hydrogen (secondary N) is 1. The molecule has 2 aromatic heterocycles. The van der Waals surface area contributed by atoms with Crippen LogP contribution in [0.2, 0.25) is 0 Å². The smallest absolute Gasteiger partial charge is 0.251 e. The Hall–Kier alpha value is -1.46. The van der Waals surface area contributed by atoms with Crippen LogP contribution >= 0.6 is 11.5 Å². The normalized spacial score (nSPS) is 25.1. The quantitative estimate of drug-likeness (QED) is 0.860. The van der Waals surface area contributed by atoms with Gasteiger partial charge in [-0.1, -0.05) is 0 Å². The highest BCUT2D eigenvalue weighted by Crippen LogP contribution is 2.34. The number of hydrogen-bond donors (Lipinski definition) is 1. The number of aromatic nitrogens is 2. The average Bonchev–Trinajstić information content (AvgIpc) is 2.94. The maximum absolute atomic E-state index is 12.3. The van der Waals surface area contributed by atoms with Crippen molar-refractivity contribution in [1.82, 2.24) is 14.3 Å². The lowest BCUT2D eigenvalue weighted by Gasteiger charge is -2.37. The summed E-state index contributed by atoms with van der Waals surface area (Å²) >= 11 is 1.44. The molecule has 2 aliphatic rings. The van der Waals surface area contributed by atoms with E-state index in [0.29, 0.717) is 11.8 Å². The third kappa shape index (κ3) is 1.84. The van der Waals surface area contributed by atoms with Crippen molar-refractivity contribution in [2.45, 2.75) is 18.9 Å². The molecule has 2 bridgehead atoms. The highest BCUT2D eigenvalue weighted by Gasteiger charge is 2.31. The monoisotopic (exact) mass is 273 g/mol. The third-order valence-corrected chi connectivity index (χ3v) is 4.98. The summed E-state index contributed by atoms with van der Waals surface area (Å²) in [5, 5.41) is 3.48. The largest absolute Gasteiger partial charge is 0.316 e. The van der Waals surface area contributed by atoms with Crippen molar-refractivity contribution in [2.75, 3.05) is 13.1 Å². The maximum Gasteiger partial charge on any atom is 0.251 e. The van der Waals surface area contributed by atoms with Crippen LogP contribution in [0.25, 0.3) is 10.4 Å². The van der Waals surface area contributed by atoms with E-state index in [-0.39, 0.29) is 5.56 Å². The topological polar surface area (TPSA) is 46.9 Å². The summed E-state index contributed by atoms with van der Waals surface area (Å²) in [5.41, 5.74) is 2.35. The van der Waals surface area contributed by atoms with Gasteiger partial charge in [0.05, 0.1) is 4.88 Å². The van der Waals surface area contributed by atoms with Gasteiger partial charge in [-0.3, -0.25) is 4.79 Å². The summed E-state index contributed by atoms with van der Waals surface area (Å²) in [6.07, 6.45) is 2.99. The number of hydrogen-bond acceptors (Lipinski definition) is 4. The lowest BCUT2D eigenvalue weighted by atomic mass is 9.84. The van der Waals surface area contributed by atoms with Crippen molar-refractivity contribution in [2.24, 2.45) is 5.92 Å². The fourth-order valence-corrected chi connectivity index (χ4v) is 3.89. The number of nitrogens with zero attached hydrogens (tertiary/aromatic N) is 2. The van der Waals surface area contributed by atoms with E-state index < -0.39 is 0 Å². The highest BCUT2D eigenvalue weighted by molar-refractivity contribution is 7.09. The predicted octanol–water partition coefficient (Wildman–Crippen LogP) is 1.68. The van der Waals surface area contributed by atoms with E-state index in [9.17, 15) is 4.79 Å². The molecule has 2 aliphatic heterocycles. The molecule has 1 N–H and O–H groups in total. The Morgan fingerprint density at radius 3 is 3.16 bits per heavy atom. The second kappa shape index (κ2) is 4.28. The fraction of sp³-hybridized carbons (Fsp3) is 0.429. The van der Waals surface area contributed by atoms with Crippen LogP contribution in [0.4, 0.5) is 0 Å². The third-order valence-electron chi connectivity index (χ3n) is 4.18. The van der Waals surface area contributed by atoms with E-state index in [2.05, 4.69) is 15.8 Å². The van der Waals surface area contributed by atoms with Crippen LogP contribution in [0.3, 0.4) is 0 Å². The molecule has 4 nitrogen and oxygen atoms in total. The van der Waals surface area contributed by atoms with Crippen LogP contribution < -0.4 is 10.9 Å². The Balaban J connectivity index is 1.87. The van der Waals surface area contributed by atoms with Crippen molar-refractivity contribution in [3.05, 3.63) is 40.4 Å². The molecule has 0 radical (unpaired) electrons. The highest BCUT2D eigenvalue weighted by atomic mass is 32.1. The molecule has 1 saturated heterocycles. The first-order valence-corrected chi connectivity index (χ1v) is 7.45. The minimum atomic E-state index is 0.137. The van der Waals surface area contributed by atoms with Gasteiger partial charge < -0.3 is 9.88 Å². The number of pyridine rings is 1. The van der Waals surface area contributed by atoms with Crippen molar-refractivity contribution < 1.29 is 0 Å². The van der Waals surface area contributed by atoms with Crippen LogP contribution in [0.1, 0.15) is 18.0 Å². The zero-order valence-corrected chi connectivity index (χ0v) is 11.3. The molecule has 0 unspecified atom stereocenters. The standard InChI is InChI=1S/C14H15N3OS/c18-14-5-10(13-1-2-16-19-13)4-12-11-3-9(6-15-7-11)8-17(12)14/h1-2,4-5,9,11,15H,3,6-8H2/t9-,11+/m0/s1. The van der Waals surface area contributed by atoms with Gasteiger partial charge in [-0.2, -0.15) is 0 Å². The van der Waals surface area contributed by atoms with E-state index >= 15 is 0 Å². The number of rotatable bonds is 1. The van der Waals surface area contributed by atoms with Crippen LogP contribution in [-0.2, 0) is 6.54 Å². The van der Waals surface area contributed by atoms with E-state index in [1.807, 2.05) is 10.6 Å². The molecule has 4 heterocycles. The fourth-order valence-electron chi connectivity index (χ4n) is 3.31. The Morgan fingerprint density at radius 1 is 1.37 bits per heavy atom. The van der Waals surface area contributed by atoms with Crippen molar-refractivity contribution in [1.29, 1.82) is 0 Å². The maximum atomic E-state index is 12.3. The lowest BCUT2D eigenvalue weighted by Crippen LogP contribution is -2.44. The van der Waals surface area contributed by atoms with Crippen LogP contribution in [0.15, 0.2) is 29.2 Å². The predicted molar refractivity (Wildman–Crippen MR) is 75.5 cm³/mol. The first kappa shape index (κ1) is 11.4. The molecular formula is C14H15N3OS. The number of fused-ring (bicyclic) bond motifs is 4. The van der Waals surface area contributed by atoms with Gasteiger partial charge in [0.2, 0.25) is 0 Å². The Kier molecular flexibility index (Phi) is 2.56. The molecule has 5 heteroatoms. The first-order chi connectivity index (χ1) is 9.31. The van der Waals surface area contributed by atoms with E-state index in [0.717, 1.165) is 30.1 Å². The molecule has 2 aromatic rings. The van der Waals surface area contributed by atoms with E-state index in [1.54, 1.807) is 12.3 Å². The SMILES string of the molecule is O=c1cc(-c2ccns2)cc2n1C[C@@H]1CNC[C@H]2C1. The lowest BCUT2D eigenvalue weighted by molar-refractivity contribution is 0.257. The van der Waals surface area contributed by atoms with Crippen molar-refractivity contribution >= 4 is 11.5 Å². The van der Waals surface area contributed by atoms with Gasteiger partial charge in [0, 0.05) is 42.5 Å². The summed E-state index contributed by atoms with van der Waals surface area (Å²) in [4.78, 5) is 13.4. The minimum absolute atomic E-state index is 0.137. The molecule has 0 spiro atoms. The summed E-state index contributed by atoms with van der Waals surface area (Å²) in [7, 11) is 0. The molecule has 98 valence electrons. The van der Waals surface area contributed by atoms with Crippen LogP contribution in [0.5, 0.6) is 0 Å². The van der Waals surface area contributed by atoms with E-state index in [1.165, 1.54) is 23.6 Å². The van der Waals surface area contributed by atoms with Gasteiger partial charge in [0.1, 0.15) is 0 Å². The summed E-state index contributed by atoms with van der Waals surface area (Å²) in [6.45, 7) is 2.89. The number of piperidine rings is 1. The molecule has 1 fully saturated rings. The van der Waals surface area contributed by atoms with Gasteiger partial charge in [-0.15, -0.1) is 0 Å². The van der Waals surface area contributed by atoms with Gasteiger partial charge in [-0.25, -0.2) is 4.37 Å². The summed E-state index contributed by atoms with van der Waals surface area (Å²) < 4.78 is 6.10. The molecule has 0 saturated carbocycles. The van der Waals surface area contributed by atoms with Crippen molar-refractivity contribution in [3.63, 3.8) is 0 Å². The molecule has 19 heavy (non-hydrogen) atoms. The Labute approximate surface area is 115 Å². The second-order valence-electron chi connectivity index (χ2n) is 5.45. The molecule has 4 rings (SSSR count). The average molecular weight is 273 g/mol. The molecule has 2 atom stereocenters. The summed E-state index contributed by atoms with van der Waals surface area (Å²) in [6, 6.07) is 5.91. The first-order valence-electron chi connectivity index (χ1n) is 6.68. The van der Waals surface area contributed by atoms with Crippen molar-refractivity contribution in [3.8, 4) is 10.4 Å². The van der Waals surface area contributed by atoms with E-state index in [4.69, 9.17) is 0 Å². The van der Waals surface area contributed by atoms with Crippen LogP contribution in [-0.4, -0.2) is 22.0 Å². The molecule has 0 aliphatic carbocycles. The Morgan fingerprint density at radius 2 is 2.32 bits per heavy atom. The van der Waals surface area contributed by atoms with Gasteiger partial charge in [0.15, 0.2) is 0 Å². The van der Waals surface area contributed by atoms with Gasteiger partial charge >= 0.3 is 0 Å². The van der Waals surface area contributed by atoms with Crippen LogP contribution in [0, 0.1) is 5.92 Å². The summed E-state index contributed by atoms with van der Waals surface area (Å²) in [5.74, 6) is 1.09. The Bertz CT molecular complexity index is 662. The van der Waals surface area contributed by atoms with Gasteiger partial charge in [0.25, 0.3) is 5.56 Å². The molecular weight excluding hydrogens is 258 g/mol.